The lowest BCUT2D eigenvalue weighted by atomic mass is 9.99. The van der Waals surface area contributed by atoms with Crippen molar-refractivity contribution in [1.82, 2.24) is 10.6 Å². The fourth-order valence-corrected chi connectivity index (χ4v) is 3.70. The third kappa shape index (κ3) is 7.37. The summed E-state index contributed by atoms with van der Waals surface area (Å²) in [4.78, 5) is 49.8. The fraction of sp³-hybridized carbons (Fsp3) is 0.214. The standard InChI is InChI=1S/C28H28N2O5/c1-19(31)29-24(17-20-9-5-3-6-10-20)27(33)30-25(28(34)35-2)18-21-13-15-23(16-14-21)26(32)22-11-7-4-8-12-22/h3-16,24-25H,17-18H2,1-2H3,(H,29,31)(H,30,33)/t24-,25-/m0/s1. The van der Waals surface area contributed by atoms with Gasteiger partial charge in [-0.3, -0.25) is 14.4 Å². The summed E-state index contributed by atoms with van der Waals surface area (Å²) in [5.74, 6) is -1.55. The topological polar surface area (TPSA) is 102 Å². The van der Waals surface area contributed by atoms with Crippen LogP contribution in [0, 0.1) is 0 Å². The van der Waals surface area contributed by atoms with Crippen molar-refractivity contribution in [2.24, 2.45) is 0 Å². The van der Waals surface area contributed by atoms with Crippen LogP contribution in [0.1, 0.15) is 34.0 Å². The Morgan fingerprint density at radius 2 is 1.20 bits per heavy atom. The highest BCUT2D eigenvalue weighted by Crippen LogP contribution is 2.13. The number of hydrogen-bond acceptors (Lipinski definition) is 5. The van der Waals surface area contributed by atoms with E-state index in [1.165, 1.54) is 14.0 Å². The second-order valence-corrected chi connectivity index (χ2v) is 8.12. The number of carbonyl (C=O) groups is 4. The Bertz CT molecular complexity index is 1160. The fourth-order valence-electron chi connectivity index (χ4n) is 3.70. The van der Waals surface area contributed by atoms with Crippen LogP contribution in [-0.2, 0) is 32.0 Å². The molecule has 0 aliphatic rings. The van der Waals surface area contributed by atoms with Gasteiger partial charge in [0.25, 0.3) is 0 Å². The van der Waals surface area contributed by atoms with Gasteiger partial charge >= 0.3 is 5.97 Å². The van der Waals surface area contributed by atoms with Gasteiger partial charge in [0, 0.05) is 30.9 Å². The molecular weight excluding hydrogens is 444 g/mol. The van der Waals surface area contributed by atoms with Crippen molar-refractivity contribution in [3.05, 3.63) is 107 Å². The molecule has 0 aliphatic heterocycles. The summed E-state index contributed by atoms with van der Waals surface area (Å²) in [5, 5.41) is 5.36. The molecule has 0 saturated heterocycles. The molecule has 180 valence electrons. The molecule has 0 unspecified atom stereocenters. The molecule has 3 rings (SSSR count). The molecule has 0 radical (unpaired) electrons. The van der Waals surface area contributed by atoms with Crippen LogP contribution in [0.2, 0.25) is 0 Å². The first-order valence-electron chi connectivity index (χ1n) is 11.2. The van der Waals surface area contributed by atoms with E-state index in [1.807, 2.05) is 36.4 Å². The minimum Gasteiger partial charge on any atom is -0.467 e. The monoisotopic (exact) mass is 472 g/mol. The molecule has 0 bridgehead atoms. The normalized spacial score (nSPS) is 12.2. The lowest BCUT2D eigenvalue weighted by Crippen LogP contribution is -2.53. The molecule has 0 saturated carbocycles. The molecule has 7 heteroatoms. The Morgan fingerprint density at radius 1 is 0.686 bits per heavy atom. The van der Waals surface area contributed by atoms with Gasteiger partial charge in [-0.15, -0.1) is 0 Å². The first-order valence-corrected chi connectivity index (χ1v) is 11.2. The molecule has 2 N–H and O–H groups in total. The van der Waals surface area contributed by atoms with Crippen LogP contribution in [0.3, 0.4) is 0 Å². The minimum atomic E-state index is -0.963. The average Bonchev–Trinajstić information content (AvgIpc) is 2.88. The average molecular weight is 473 g/mol. The number of ketones is 1. The van der Waals surface area contributed by atoms with Crippen molar-refractivity contribution < 1.29 is 23.9 Å². The molecule has 0 fully saturated rings. The molecule has 0 heterocycles. The number of amides is 2. The van der Waals surface area contributed by atoms with E-state index in [-0.39, 0.29) is 24.5 Å². The molecule has 0 spiro atoms. The highest BCUT2D eigenvalue weighted by Gasteiger charge is 2.27. The summed E-state index contributed by atoms with van der Waals surface area (Å²) in [6.45, 7) is 1.33. The maximum atomic E-state index is 13.0. The number of esters is 1. The molecular formula is C28H28N2O5. The Hall–Kier alpha value is -4.26. The Labute approximate surface area is 204 Å². The Morgan fingerprint density at radius 3 is 1.77 bits per heavy atom. The maximum Gasteiger partial charge on any atom is 0.328 e. The molecule has 35 heavy (non-hydrogen) atoms. The quantitative estimate of drug-likeness (QED) is 0.349. The summed E-state index contributed by atoms with van der Waals surface area (Å²) in [6, 6.07) is 23.3. The van der Waals surface area contributed by atoms with Crippen LogP contribution in [0.25, 0.3) is 0 Å². The van der Waals surface area contributed by atoms with Crippen molar-refractivity contribution in [1.29, 1.82) is 0 Å². The number of nitrogens with one attached hydrogen (secondary N) is 2. The highest BCUT2D eigenvalue weighted by molar-refractivity contribution is 6.08. The van der Waals surface area contributed by atoms with Crippen molar-refractivity contribution >= 4 is 23.6 Å². The van der Waals surface area contributed by atoms with E-state index in [0.29, 0.717) is 11.1 Å². The van der Waals surface area contributed by atoms with E-state index in [0.717, 1.165) is 11.1 Å². The lowest BCUT2D eigenvalue weighted by molar-refractivity contribution is -0.145. The number of methoxy groups -OCH3 is 1. The number of ether oxygens (including phenoxy) is 1. The van der Waals surface area contributed by atoms with Gasteiger partial charge in [-0.1, -0.05) is 84.9 Å². The summed E-state index contributed by atoms with van der Waals surface area (Å²) in [7, 11) is 1.25. The van der Waals surface area contributed by atoms with Crippen LogP contribution >= 0.6 is 0 Å². The number of carbonyl (C=O) groups excluding carboxylic acids is 4. The zero-order chi connectivity index (χ0) is 25.2. The molecule has 0 aromatic heterocycles. The van der Waals surface area contributed by atoms with E-state index >= 15 is 0 Å². The summed E-state index contributed by atoms with van der Waals surface area (Å²) in [5.41, 5.74) is 2.72. The molecule has 7 nitrogen and oxygen atoms in total. The van der Waals surface area contributed by atoms with Gasteiger partial charge in [0.1, 0.15) is 12.1 Å². The maximum absolute atomic E-state index is 13.0. The zero-order valence-electron chi connectivity index (χ0n) is 19.7. The van der Waals surface area contributed by atoms with Gasteiger partial charge in [0.2, 0.25) is 11.8 Å². The predicted molar refractivity (Wildman–Crippen MR) is 132 cm³/mol. The molecule has 0 aliphatic carbocycles. The Balaban J connectivity index is 1.72. The van der Waals surface area contributed by atoms with Gasteiger partial charge in [-0.05, 0) is 11.1 Å². The summed E-state index contributed by atoms with van der Waals surface area (Å²) in [6.07, 6.45) is 0.437. The van der Waals surface area contributed by atoms with Gasteiger partial charge in [0.05, 0.1) is 7.11 Å². The third-order valence-electron chi connectivity index (χ3n) is 5.47. The largest absolute Gasteiger partial charge is 0.467 e. The van der Waals surface area contributed by atoms with Gasteiger partial charge < -0.3 is 15.4 Å². The van der Waals surface area contributed by atoms with Crippen LogP contribution in [0.15, 0.2) is 84.9 Å². The van der Waals surface area contributed by atoms with E-state index in [2.05, 4.69) is 10.6 Å². The predicted octanol–water partition coefficient (Wildman–Crippen LogP) is 2.87. The van der Waals surface area contributed by atoms with Crippen molar-refractivity contribution in [3.8, 4) is 0 Å². The second-order valence-electron chi connectivity index (χ2n) is 8.12. The van der Waals surface area contributed by atoms with Gasteiger partial charge in [-0.25, -0.2) is 4.79 Å². The van der Waals surface area contributed by atoms with Crippen molar-refractivity contribution in [2.45, 2.75) is 31.8 Å². The first-order chi connectivity index (χ1) is 16.9. The summed E-state index contributed by atoms with van der Waals surface area (Å²) < 4.78 is 4.89. The van der Waals surface area contributed by atoms with E-state index < -0.39 is 24.0 Å². The molecule has 2 amide bonds. The molecule has 3 aromatic carbocycles. The van der Waals surface area contributed by atoms with Crippen LogP contribution in [0.5, 0.6) is 0 Å². The van der Waals surface area contributed by atoms with Gasteiger partial charge in [-0.2, -0.15) is 0 Å². The smallest absolute Gasteiger partial charge is 0.328 e. The lowest BCUT2D eigenvalue weighted by Gasteiger charge is -2.22. The first kappa shape index (κ1) is 25.4. The third-order valence-corrected chi connectivity index (χ3v) is 5.47. The van der Waals surface area contributed by atoms with Crippen LogP contribution < -0.4 is 10.6 Å². The number of rotatable bonds is 10. The second kappa shape index (κ2) is 12.3. The van der Waals surface area contributed by atoms with Crippen LogP contribution in [0.4, 0.5) is 0 Å². The highest BCUT2D eigenvalue weighted by atomic mass is 16.5. The Kier molecular flexibility index (Phi) is 8.89. The molecule has 2 atom stereocenters. The summed E-state index contributed by atoms with van der Waals surface area (Å²) >= 11 is 0. The van der Waals surface area contributed by atoms with E-state index in [4.69, 9.17) is 4.74 Å². The molecule has 3 aromatic rings. The number of hydrogen-bond donors (Lipinski definition) is 2. The van der Waals surface area contributed by atoms with Crippen LogP contribution in [-0.4, -0.2) is 42.8 Å². The van der Waals surface area contributed by atoms with E-state index in [1.54, 1.807) is 48.5 Å². The van der Waals surface area contributed by atoms with Crippen molar-refractivity contribution in [3.63, 3.8) is 0 Å². The minimum absolute atomic E-state index is 0.103. The number of benzene rings is 3. The van der Waals surface area contributed by atoms with E-state index in [9.17, 15) is 19.2 Å². The SMILES string of the molecule is COC(=O)[C@H](Cc1ccc(C(=O)c2ccccc2)cc1)NC(=O)[C@H](Cc1ccccc1)NC(C)=O. The van der Waals surface area contributed by atoms with Crippen molar-refractivity contribution in [2.75, 3.05) is 7.11 Å². The zero-order valence-corrected chi connectivity index (χ0v) is 19.7. The van der Waals surface area contributed by atoms with Gasteiger partial charge in [0.15, 0.2) is 5.78 Å².